The summed E-state index contributed by atoms with van der Waals surface area (Å²) < 4.78 is 5.55. The molecule has 0 aliphatic carbocycles. The molecule has 13 heavy (non-hydrogen) atoms. The van der Waals surface area contributed by atoms with Crippen molar-refractivity contribution in [3.05, 3.63) is 0 Å². The Bertz CT molecular complexity index is 131. The van der Waals surface area contributed by atoms with E-state index in [0.29, 0.717) is 10.3 Å². The number of unbranched alkanes of at least 4 members (excludes halogenated alkanes) is 1. The second-order valence-corrected chi connectivity index (χ2v) is 4.07. The number of ether oxygens (including phenoxy) is 1. The molecule has 0 spiro atoms. The molecule has 0 amide bonds. The zero-order chi connectivity index (χ0) is 9.40. The van der Waals surface area contributed by atoms with Crippen LogP contribution in [0.3, 0.4) is 0 Å². The van der Waals surface area contributed by atoms with E-state index in [-0.39, 0.29) is 19.5 Å². The Hall–Kier alpha value is 0.863. The van der Waals surface area contributed by atoms with E-state index in [1.54, 1.807) is 0 Å². The Morgan fingerprint density at radius 3 is 2.46 bits per heavy atom. The fourth-order valence-corrected chi connectivity index (χ4v) is 1.23. The minimum atomic E-state index is 0. The van der Waals surface area contributed by atoms with E-state index < -0.39 is 0 Å². The molecule has 0 aromatic carbocycles. The van der Waals surface area contributed by atoms with Crippen molar-refractivity contribution in [3.63, 3.8) is 0 Å². The van der Waals surface area contributed by atoms with Gasteiger partial charge in [0.05, 0.1) is 6.61 Å². The first-order chi connectivity index (χ1) is 5.70. The molecule has 0 bridgehead atoms. The second-order valence-electron chi connectivity index (χ2n) is 2.99. The van der Waals surface area contributed by atoms with Crippen LogP contribution in [-0.4, -0.2) is 11.0 Å². The molecule has 74 valence electrons. The summed E-state index contributed by atoms with van der Waals surface area (Å²) in [6, 6.07) is 0. The van der Waals surface area contributed by atoms with Crippen LogP contribution in [0.4, 0.5) is 0 Å². The van der Waals surface area contributed by atoms with Gasteiger partial charge in [-0.3, -0.25) is 0 Å². The molecule has 0 saturated heterocycles. The maximum absolute atomic E-state index is 5.19. The van der Waals surface area contributed by atoms with Crippen LogP contribution in [0.1, 0.15) is 39.5 Å². The number of rotatable bonds is 6. The van der Waals surface area contributed by atoms with Gasteiger partial charge in [-0.25, -0.2) is 0 Å². The third-order valence-electron chi connectivity index (χ3n) is 1.99. The van der Waals surface area contributed by atoms with Gasteiger partial charge in [0.1, 0.15) is 0 Å². The van der Waals surface area contributed by atoms with E-state index in [1.807, 2.05) is 0 Å². The fraction of sp³-hybridized carbons (Fsp3) is 0.889. The van der Waals surface area contributed by atoms with Crippen LogP contribution in [0, 0.1) is 5.92 Å². The third kappa shape index (κ3) is 10.8. The van der Waals surface area contributed by atoms with Crippen molar-refractivity contribution in [2.24, 2.45) is 5.92 Å². The quantitative estimate of drug-likeness (QED) is 0.450. The normalized spacial score (nSPS) is 11.6. The van der Waals surface area contributed by atoms with Crippen molar-refractivity contribution in [2.45, 2.75) is 39.5 Å². The van der Waals surface area contributed by atoms with Crippen molar-refractivity contribution >= 4 is 29.2 Å². The van der Waals surface area contributed by atoms with Crippen molar-refractivity contribution < 1.29 is 24.2 Å². The predicted molar refractivity (Wildman–Crippen MR) is 60.8 cm³/mol. The minimum Gasteiger partial charge on any atom is -0.478 e. The zero-order valence-electron chi connectivity index (χ0n) is 8.58. The Labute approximate surface area is 105 Å². The molecule has 0 aliphatic heterocycles. The van der Waals surface area contributed by atoms with Gasteiger partial charge in [-0.15, -0.1) is 0 Å². The molecule has 0 aromatic heterocycles. The SMILES string of the molecule is CCCCC(CC)COC(=S)S.[Zn]. The number of thiol groups is 1. The molecule has 1 unspecified atom stereocenters. The average Bonchev–Trinajstić information content (AvgIpc) is 2.05. The van der Waals surface area contributed by atoms with E-state index in [4.69, 9.17) is 17.0 Å². The van der Waals surface area contributed by atoms with Gasteiger partial charge in [-0.05, 0) is 24.6 Å². The summed E-state index contributed by atoms with van der Waals surface area (Å²) in [7, 11) is 0. The monoisotopic (exact) mass is 270 g/mol. The van der Waals surface area contributed by atoms with Crippen molar-refractivity contribution in [2.75, 3.05) is 6.61 Å². The van der Waals surface area contributed by atoms with Crippen LogP contribution in [0.15, 0.2) is 0 Å². The molecule has 0 fully saturated rings. The van der Waals surface area contributed by atoms with Gasteiger partial charge < -0.3 is 4.74 Å². The van der Waals surface area contributed by atoms with E-state index in [1.165, 1.54) is 19.3 Å². The van der Waals surface area contributed by atoms with E-state index in [2.05, 4.69) is 26.5 Å². The summed E-state index contributed by atoms with van der Waals surface area (Å²) in [6.45, 7) is 5.13. The molecular formula is C9H18OS2Zn. The molecule has 0 radical (unpaired) electrons. The molecule has 1 nitrogen and oxygen atoms in total. The maximum Gasteiger partial charge on any atom is 0.216 e. The fourth-order valence-electron chi connectivity index (χ4n) is 1.09. The molecule has 0 aromatic rings. The minimum absolute atomic E-state index is 0. The van der Waals surface area contributed by atoms with Crippen molar-refractivity contribution in [3.8, 4) is 0 Å². The largest absolute Gasteiger partial charge is 0.478 e. The topological polar surface area (TPSA) is 9.23 Å². The van der Waals surface area contributed by atoms with Crippen LogP contribution in [0.5, 0.6) is 0 Å². The molecule has 4 heteroatoms. The summed E-state index contributed by atoms with van der Waals surface area (Å²) in [5.74, 6) is 0.648. The Morgan fingerprint density at radius 2 is 2.08 bits per heavy atom. The summed E-state index contributed by atoms with van der Waals surface area (Å²) in [5, 5.41) is 0. The first kappa shape index (κ1) is 16.3. The molecule has 0 aliphatic rings. The molecule has 0 saturated carbocycles. The average molecular weight is 272 g/mol. The van der Waals surface area contributed by atoms with Crippen LogP contribution < -0.4 is 0 Å². The number of hydrogen-bond acceptors (Lipinski definition) is 2. The maximum atomic E-state index is 5.19. The summed E-state index contributed by atoms with van der Waals surface area (Å²) >= 11 is 8.63. The van der Waals surface area contributed by atoms with Gasteiger partial charge in [-0.2, -0.15) is 0 Å². The van der Waals surface area contributed by atoms with E-state index in [9.17, 15) is 0 Å². The van der Waals surface area contributed by atoms with Gasteiger partial charge in [0.15, 0.2) is 0 Å². The second kappa shape index (κ2) is 10.9. The van der Waals surface area contributed by atoms with Crippen molar-refractivity contribution in [1.82, 2.24) is 0 Å². The van der Waals surface area contributed by atoms with Crippen molar-refractivity contribution in [1.29, 1.82) is 0 Å². The Balaban J connectivity index is 0. The van der Waals surface area contributed by atoms with Gasteiger partial charge in [-0.1, -0.05) is 45.7 Å². The third-order valence-corrected chi connectivity index (χ3v) is 2.23. The van der Waals surface area contributed by atoms with Gasteiger partial charge >= 0.3 is 0 Å². The zero-order valence-corrected chi connectivity index (χ0v) is 13.3. The van der Waals surface area contributed by atoms with Gasteiger partial charge in [0, 0.05) is 19.5 Å². The van der Waals surface area contributed by atoms with Crippen LogP contribution in [-0.2, 0) is 24.2 Å². The molecule has 1 atom stereocenters. The first-order valence-electron chi connectivity index (χ1n) is 4.56. The molecule has 0 N–H and O–H groups in total. The summed E-state index contributed by atoms with van der Waals surface area (Å²) in [5.41, 5.74) is 0. The Kier molecular flexibility index (Phi) is 13.7. The van der Waals surface area contributed by atoms with E-state index >= 15 is 0 Å². The summed E-state index contributed by atoms with van der Waals surface area (Å²) in [4.78, 5) is 0. The standard InChI is InChI=1S/C9H18OS2.Zn/c1-3-5-6-8(4-2)7-10-9(11)12;/h8H,3-7H2,1-2H3,(H,11,12);. The smallest absolute Gasteiger partial charge is 0.216 e. The van der Waals surface area contributed by atoms with Gasteiger partial charge in [0.2, 0.25) is 4.38 Å². The number of thiocarbonyl (C=S) groups is 1. The Morgan fingerprint density at radius 1 is 1.46 bits per heavy atom. The number of hydrogen-bond donors (Lipinski definition) is 1. The van der Waals surface area contributed by atoms with Crippen LogP contribution >= 0.6 is 24.8 Å². The van der Waals surface area contributed by atoms with Crippen LogP contribution in [0.2, 0.25) is 0 Å². The summed E-state index contributed by atoms with van der Waals surface area (Å²) in [6.07, 6.45) is 4.93. The first-order valence-corrected chi connectivity index (χ1v) is 5.41. The molecular weight excluding hydrogens is 254 g/mol. The predicted octanol–water partition coefficient (Wildman–Crippen LogP) is 3.43. The van der Waals surface area contributed by atoms with Crippen LogP contribution in [0.25, 0.3) is 0 Å². The van der Waals surface area contributed by atoms with Gasteiger partial charge in [0.25, 0.3) is 0 Å². The molecule has 0 heterocycles. The van der Waals surface area contributed by atoms with E-state index in [0.717, 1.165) is 13.0 Å². The molecule has 0 rings (SSSR count).